The van der Waals surface area contributed by atoms with E-state index in [1.54, 1.807) is 6.20 Å². The zero-order valence-corrected chi connectivity index (χ0v) is 6.72. The van der Waals surface area contributed by atoms with Crippen LogP contribution in [-0.4, -0.2) is 9.97 Å². The highest BCUT2D eigenvalue weighted by atomic mass is 79.9. The maximum Gasteiger partial charge on any atom is 0.138 e. The molecule has 0 aliphatic heterocycles. The molecule has 0 fully saturated rings. The molecule has 0 unspecified atom stereocenters. The highest BCUT2D eigenvalue weighted by Crippen LogP contribution is 2.15. The van der Waals surface area contributed by atoms with E-state index >= 15 is 0 Å². The van der Waals surface area contributed by atoms with Crippen molar-refractivity contribution in [2.24, 2.45) is 0 Å². The average molecular weight is 197 g/mol. The lowest BCUT2D eigenvalue weighted by Crippen LogP contribution is -1.71. The Morgan fingerprint density at radius 1 is 1.50 bits per heavy atom. The van der Waals surface area contributed by atoms with Crippen LogP contribution in [0.5, 0.6) is 0 Å². The second kappa shape index (κ2) is 2.09. The van der Waals surface area contributed by atoms with E-state index in [9.17, 15) is 0 Å². The van der Waals surface area contributed by atoms with Crippen molar-refractivity contribution in [3.63, 3.8) is 0 Å². The minimum Gasteiger partial charge on any atom is -0.334 e. The molecule has 0 spiro atoms. The van der Waals surface area contributed by atoms with Gasteiger partial charge in [-0.25, -0.2) is 4.98 Å². The molecule has 2 rings (SSSR count). The number of fused-ring (bicyclic) bond motifs is 1. The summed E-state index contributed by atoms with van der Waals surface area (Å²) >= 11 is 3.33. The lowest BCUT2D eigenvalue weighted by atomic mass is 10.3. The lowest BCUT2D eigenvalue weighted by molar-refractivity contribution is 1.30. The standard InChI is InChI=1S/C7H5BrN2/c8-6-4-5-2-1-3-9-7(5)10-6/h1-4H,(H,9,10). The van der Waals surface area contributed by atoms with E-state index in [2.05, 4.69) is 25.9 Å². The number of aromatic nitrogens is 2. The van der Waals surface area contributed by atoms with Crippen molar-refractivity contribution in [2.75, 3.05) is 0 Å². The molecule has 2 heterocycles. The summed E-state index contributed by atoms with van der Waals surface area (Å²) in [7, 11) is 0. The Labute approximate surface area is 66.4 Å². The van der Waals surface area contributed by atoms with Gasteiger partial charge in [0.15, 0.2) is 0 Å². The largest absolute Gasteiger partial charge is 0.334 e. The molecule has 2 aromatic rings. The second-order valence-corrected chi connectivity index (χ2v) is 2.91. The van der Waals surface area contributed by atoms with Gasteiger partial charge in [-0.2, -0.15) is 0 Å². The van der Waals surface area contributed by atoms with Crippen LogP contribution >= 0.6 is 15.9 Å². The van der Waals surface area contributed by atoms with E-state index in [4.69, 9.17) is 0 Å². The molecule has 2 aromatic heterocycles. The Balaban J connectivity index is 2.88. The first kappa shape index (κ1) is 5.92. The number of hydrogen-bond acceptors (Lipinski definition) is 1. The molecule has 1 N–H and O–H groups in total. The van der Waals surface area contributed by atoms with Crippen LogP contribution in [-0.2, 0) is 0 Å². The van der Waals surface area contributed by atoms with Gasteiger partial charge in [-0.1, -0.05) is 0 Å². The lowest BCUT2D eigenvalue weighted by Gasteiger charge is -1.82. The van der Waals surface area contributed by atoms with Crippen molar-refractivity contribution in [1.29, 1.82) is 0 Å². The molecule has 0 amide bonds. The van der Waals surface area contributed by atoms with E-state index in [0.717, 1.165) is 15.6 Å². The van der Waals surface area contributed by atoms with Crippen LogP contribution in [0.25, 0.3) is 11.0 Å². The molecule has 0 saturated heterocycles. The Bertz CT molecular complexity index is 320. The molecular formula is C7H5BrN2. The molecule has 0 radical (unpaired) electrons. The first-order valence-electron chi connectivity index (χ1n) is 2.95. The van der Waals surface area contributed by atoms with Crippen molar-refractivity contribution in [2.45, 2.75) is 0 Å². The van der Waals surface area contributed by atoms with Crippen molar-refractivity contribution >= 4 is 27.0 Å². The summed E-state index contributed by atoms with van der Waals surface area (Å²) in [6, 6.07) is 5.94. The van der Waals surface area contributed by atoms with Gasteiger partial charge in [0.25, 0.3) is 0 Å². The van der Waals surface area contributed by atoms with E-state index in [1.165, 1.54) is 0 Å². The molecule has 0 aliphatic rings. The van der Waals surface area contributed by atoms with Gasteiger partial charge in [0.05, 0.1) is 4.60 Å². The van der Waals surface area contributed by atoms with Crippen LogP contribution in [0.2, 0.25) is 0 Å². The van der Waals surface area contributed by atoms with Gasteiger partial charge in [0.2, 0.25) is 0 Å². The van der Waals surface area contributed by atoms with Crippen molar-refractivity contribution in [1.82, 2.24) is 9.97 Å². The number of hydrogen-bond donors (Lipinski definition) is 1. The third-order valence-corrected chi connectivity index (χ3v) is 1.79. The molecule has 2 nitrogen and oxygen atoms in total. The number of nitrogens with zero attached hydrogens (tertiary/aromatic N) is 1. The van der Waals surface area contributed by atoms with Gasteiger partial charge in [-0.3, -0.25) is 0 Å². The second-order valence-electron chi connectivity index (χ2n) is 2.06. The monoisotopic (exact) mass is 196 g/mol. The number of rotatable bonds is 0. The SMILES string of the molecule is Brc1cc2cccnc2[nH]1. The van der Waals surface area contributed by atoms with Crippen LogP contribution in [0.4, 0.5) is 0 Å². The van der Waals surface area contributed by atoms with Crippen LogP contribution in [0.1, 0.15) is 0 Å². The summed E-state index contributed by atoms with van der Waals surface area (Å²) in [6.07, 6.45) is 1.77. The van der Waals surface area contributed by atoms with Gasteiger partial charge in [0.1, 0.15) is 5.65 Å². The normalized spacial score (nSPS) is 10.5. The minimum atomic E-state index is 0.925. The minimum absolute atomic E-state index is 0.925. The van der Waals surface area contributed by atoms with Crippen molar-refractivity contribution in [3.05, 3.63) is 29.0 Å². The summed E-state index contributed by atoms with van der Waals surface area (Å²) in [6.45, 7) is 0. The molecule has 0 aliphatic carbocycles. The summed E-state index contributed by atoms with van der Waals surface area (Å²) < 4.78 is 0.973. The van der Waals surface area contributed by atoms with E-state index in [1.807, 2.05) is 18.2 Å². The number of H-pyrrole nitrogens is 1. The van der Waals surface area contributed by atoms with E-state index in [0.29, 0.717) is 0 Å². The zero-order chi connectivity index (χ0) is 6.97. The molecule has 50 valence electrons. The zero-order valence-electron chi connectivity index (χ0n) is 5.13. The molecule has 10 heavy (non-hydrogen) atoms. The van der Waals surface area contributed by atoms with E-state index in [-0.39, 0.29) is 0 Å². The number of pyridine rings is 1. The van der Waals surface area contributed by atoms with Crippen LogP contribution in [0, 0.1) is 0 Å². The quantitative estimate of drug-likeness (QED) is 0.689. The van der Waals surface area contributed by atoms with Gasteiger partial charge < -0.3 is 4.98 Å². The summed E-state index contributed by atoms with van der Waals surface area (Å²) in [5.41, 5.74) is 0.925. The number of halogens is 1. The predicted octanol–water partition coefficient (Wildman–Crippen LogP) is 2.33. The van der Waals surface area contributed by atoms with E-state index < -0.39 is 0 Å². The summed E-state index contributed by atoms with van der Waals surface area (Å²) in [5, 5.41) is 1.13. The predicted molar refractivity (Wildman–Crippen MR) is 43.8 cm³/mol. The highest BCUT2D eigenvalue weighted by molar-refractivity contribution is 9.10. The van der Waals surface area contributed by atoms with Gasteiger partial charge >= 0.3 is 0 Å². The number of nitrogens with one attached hydrogen (secondary N) is 1. The fourth-order valence-corrected chi connectivity index (χ4v) is 1.36. The summed E-state index contributed by atoms with van der Waals surface area (Å²) in [4.78, 5) is 7.18. The van der Waals surface area contributed by atoms with Crippen molar-refractivity contribution in [3.8, 4) is 0 Å². The smallest absolute Gasteiger partial charge is 0.138 e. The van der Waals surface area contributed by atoms with Crippen LogP contribution in [0.15, 0.2) is 29.0 Å². The molecule has 0 bridgehead atoms. The highest BCUT2D eigenvalue weighted by Gasteiger charge is 1.95. The van der Waals surface area contributed by atoms with Crippen LogP contribution < -0.4 is 0 Å². The molecular weight excluding hydrogens is 192 g/mol. The third kappa shape index (κ3) is 0.827. The topological polar surface area (TPSA) is 28.7 Å². The fraction of sp³-hybridized carbons (Fsp3) is 0. The molecule has 3 heteroatoms. The third-order valence-electron chi connectivity index (χ3n) is 1.36. The Hall–Kier alpha value is -0.830. The van der Waals surface area contributed by atoms with Gasteiger partial charge in [0, 0.05) is 11.6 Å². The Morgan fingerprint density at radius 2 is 2.40 bits per heavy atom. The molecule has 0 atom stereocenters. The maximum absolute atomic E-state index is 4.12. The van der Waals surface area contributed by atoms with Crippen LogP contribution in [0.3, 0.4) is 0 Å². The summed E-state index contributed by atoms with van der Waals surface area (Å²) in [5.74, 6) is 0. The molecule has 0 saturated carbocycles. The Kier molecular flexibility index (Phi) is 1.24. The number of aromatic amines is 1. The maximum atomic E-state index is 4.12. The van der Waals surface area contributed by atoms with Crippen molar-refractivity contribution < 1.29 is 0 Å². The fourth-order valence-electron chi connectivity index (χ4n) is 0.924. The average Bonchev–Trinajstić information content (AvgIpc) is 2.27. The van der Waals surface area contributed by atoms with Gasteiger partial charge in [-0.15, -0.1) is 0 Å². The first-order chi connectivity index (χ1) is 4.86. The van der Waals surface area contributed by atoms with Gasteiger partial charge in [-0.05, 0) is 34.1 Å². The first-order valence-corrected chi connectivity index (χ1v) is 3.75. The Morgan fingerprint density at radius 3 is 3.20 bits per heavy atom. The molecule has 0 aromatic carbocycles.